The molecule has 1 aromatic carbocycles. The van der Waals surface area contributed by atoms with Crippen molar-refractivity contribution in [3.05, 3.63) is 59.0 Å². The number of likely N-dealkylation sites (N-methyl/N-ethyl adjacent to an activating group) is 1. The largest absolute Gasteiger partial charge is 0.473 e. The van der Waals surface area contributed by atoms with E-state index in [1.54, 1.807) is 18.2 Å². The molecule has 2 aliphatic rings. The molecule has 2 aromatic rings. The summed E-state index contributed by atoms with van der Waals surface area (Å²) in [5.74, 6) is 0.619. The van der Waals surface area contributed by atoms with Crippen molar-refractivity contribution >= 4 is 0 Å². The van der Waals surface area contributed by atoms with E-state index in [4.69, 9.17) is 10.00 Å². The minimum atomic E-state index is -0.426. The molecule has 3 heterocycles. The van der Waals surface area contributed by atoms with Crippen molar-refractivity contribution in [1.29, 1.82) is 5.26 Å². The average molecular weight is 340 g/mol. The number of quaternary nitrogens is 1. The third kappa shape index (κ3) is 3.35. The predicted molar refractivity (Wildman–Crippen MR) is 93.5 cm³/mol. The van der Waals surface area contributed by atoms with Crippen LogP contribution >= 0.6 is 0 Å². The summed E-state index contributed by atoms with van der Waals surface area (Å²) in [4.78, 5) is 4.57. The molecule has 2 saturated heterocycles. The quantitative estimate of drug-likeness (QED) is 0.631. The van der Waals surface area contributed by atoms with Crippen LogP contribution in [0.1, 0.15) is 36.6 Å². The van der Waals surface area contributed by atoms with E-state index in [1.165, 1.54) is 17.1 Å². The Kier molecular flexibility index (Phi) is 4.73. The lowest BCUT2D eigenvalue weighted by Gasteiger charge is -2.30. The van der Waals surface area contributed by atoms with Crippen molar-refractivity contribution < 1.29 is 13.6 Å². The summed E-state index contributed by atoms with van der Waals surface area (Å²) < 4.78 is 20.7. The van der Waals surface area contributed by atoms with E-state index in [-0.39, 0.29) is 6.61 Å². The van der Waals surface area contributed by atoms with Crippen LogP contribution in [0.25, 0.3) is 0 Å². The van der Waals surface area contributed by atoms with E-state index in [0.29, 0.717) is 29.0 Å². The first-order chi connectivity index (χ1) is 12.1. The highest BCUT2D eigenvalue weighted by Gasteiger charge is 2.67. The molecule has 0 spiro atoms. The number of rotatable bonds is 4. The molecule has 0 N–H and O–H groups in total. The zero-order chi connectivity index (χ0) is 18.0. The molecule has 1 aromatic heterocycles. The van der Waals surface area contributed by atoms with E-state index < -0.39 is 5.82 Å². The summed E-state index contributed by atoms with van der Waals surface area (Å²) in [7, 11) is 2.27. The fourth-order valence-electron chi connectivity index (χ4n) is 3.48. The zero-order valence-corrected chi connectivity index (χ0v) is 14.9. The number of halogens is 1. The Labute approximate surface area is 148 Å². The topological polar surface area (TPSA) is 45.9 Å². The molecule has 4 nitrogen and oxygen atoms in total. The van der Waals surface area contributed by atoms with Gasteiger partial charge < -0.3 is 9.22 Å². The maximum atomic E-state index is 13.9. The summed E-state index contributed by atoms with van der Waals surface area (Å²) in [6.45, 7) is 6.50. The van der Waals surface area contributed by atoms with E-state index in [9.17, 15) is 4.39 Å². The number of pyridine rings is 1. The van der Waals surface area contributed by atoms with Crippen LogP contribution in [0.15, 0.2) is 36.4 Å². The van der Waals surface area contributed by atoms with Crippen LogP contribution in [-0.4, -0.2) is 35.6 Å². The van der Waals surface area contributed by atoms with Crippen LogP contribution in [0.2, 0.25) is 0 Å². The highest BCUT2D eigenvalue weighted by atomic mass is 19.1. The van der Waals surface area contributed by atoms with Gasteiger partial charge in [0.25, 0.3) is 0 Å². The molecule has 0 saturated carbocycles. The molecule has 0 bridgehead atoms. The molecule has 0 amide bonds. The Morgan fingerprint density at radius 2 is 2.08 bits per heavy atom. The van der Waals surface area contributed by atoms with Crippen molar-refractivity contribution in [2.24, 2.45) is 0 Å². The first-order valence-electron chi connectivity index (χ1n) is 8.71. The van der Waals surface area contributed by atoms with Crippen molar-refractivity contribution in [2.75, 3.05) is 20.1 Å². The molecule has 3 atom stereocenters. The van der Waals surface area contributed by atoms with Gasteiger partial charge in [-0.1, -0.05) is 26.0 Å². The molecule has 2 fully saturated rings. The second kappa shape index (κ2) is 6.81. The van der Waals surface area contributed by atoms with E-state index >= 15 is 0 Å². The Hall–Kier alpha value is -2.45. The third-order valence-corrected chi connectivity index (χ3v) is 5.03. The Balaban J connectivity index is 0.000000880. The van der Waals surface area contributed by atoms with Crippen molar-refractivity contribution in [1.82, 2.24) is 4.98 Å². The maximum Gasteiger partial charge on any atom is 0.213 e. The molecule has 4 rings (SSSR count). The number of nitriles is 1. The normalized spacial score (nSPS) is 25.6. The highest BCUT2D eigenvalue weighted by Crippen LogP contribution is 2.50. The van der Waals surface area contributed by atoms with Crippen molar-refractivity contribution in [3.8, 4) is 11.9 Å². The molecule has 0 aliphatic carbocycles. The number of hydrogen-bond donors (Lipinski definition) is 0. The maximum absolute atomic E-state index is 13.9. The Morgan fingerprint density at radius 3 is 2.68 bits per heavy atom. The Bertz CT molecular complexity index is 817. The third-order valence-electron chi connectivity index (χ3n) is 5.03. The van der Waals surface area contributed by atoms with Crippen LogP contribution in [-0.2, 0) is 6.61 Å². The summed E-state index contributed by atoms with van der Waals surface area (Å²) in [5, 5.41) is 8.76. The van der Waals surface area contributed by atoms with Crippen LogP contribution < -0.4 is 4.74 Å². The van der Waals surface area contributed by atoms with Gasteiger partial charge in [0.05, 0.1) is 30.9 Å². The van der Waals surface area contributed by atoms with Gasteiger partial charge in [0, 0.05) is 11.6 Å². The summed E-state index contributed by atoms with van der Waals surface area (Å²) in [5.41, 5.74) is 1.80. The number of aromatic nitrogens is 1. The lowest BCUT2D eigenvalue weighted by atomic mass is 9.95. The van der Waals surface area contributed by atoms with Crippen molar-refractivity contribution in [2.45, 2.75) is 32.4 Å². The number of benzene rings is 1. The van der Waals surface area contributed by atoms with Gasteiger partial charge in [-0.3, -0.25) is 0 Å². The molecule has 0 radical (unpaired) electrons. The second-order valence-electron chi connectivity index (χ2n) is 6.63. The molecular formula is C20H23FN3O+. The fraction of sp³-hybridized carbons (Fsp3) is 0.400. The van der Waals surface area contributed by atoms with Gasteiger partial charge in [-0.15, -0.1) is 0 Å². The Morgan fingerprint density at radius 1 is 1.28 bits per heavy atom. The van der Waals surface area contributed by atoms with Crippen LogP contribution in [0, 0.1) is 17.1 Å². The molecule has 3 unspecified atom stereocenters. The smallest absolute Gasteiger partial charge is 0.213 e. The van der Waals surface area contributed by atoms with Gasteiger partial charge in [-0.2, -0.15) is 5.26 Å². The van der Waals surface area contributed by atoms with Gasteiger partial charge in [-0.25, -0.2) is 9.37 Å². The van der Waals surface area contributed by atoms with E-state index in [2.05, 4.69) is 12.0 Å². The van der Waals surface area contributed by atoms with E-state index in [0.717, 1.165) is 12.2 Å². The first-order valence-corrected chi connectivity index (χ1v) is 8.71. The van der Waals surface area contributed by atoms with Gasteiger partial charge >= 0.3 is 0 Å². The van der Waals surface area contributed by atoms with Gasteiger partial charge in [-0.05, 0) is 18.2 Å². The summed E-state index contributed by atoms with van der Waals surface area (Å²) in [6.07, 6.45) is 0. The van der Waals surface area contributed by atoms with E-state index in [1.807, 2.05) is 32.0 Å². The van der Waals surface area contributed by atoms with Crippen molar-refractivity contribution in [3.63, 3.8) is 0 Å². The number of fused-ring (bicyclic) bond motifs is 1. The van der Waals surface area contributed by atoms with Crippen LogP contribution in [0.3, 0.4) is 0 Å². The first kappa shape index (κ1) is 17.4. The second-order valence-corrected chi connectivity index (χ2v) is 6.63. The monoisotopic (exact) mass is 340 g/mol. The minimum Gasteiger partial charge on any atom is -0.473 e. The molecule has 130 valence electrons. The van der Waals surface area contributed by atoms with Crippen LogP contribution in [0.5, 0.6) is 5.88 Å². The number of nitrogens with zero attached hydrogens (tertiary/aromatic N) is 3. The molecular weight excluding hydrogens is 317 g/mol. The fourth-order valence-corrected chi connectivity index (χ4v) is 3.48. The van der Waals surface area contributed by atoms with Gasteiger partial charge in [0.2, 0.25) is 5.88 Å². The highest BCUT2D eigenvalue weighted by molar-refractivity contribution is 5.33. The van der Waals surface area contributed by atoms with Gasteiger partial charge in [0.15, 0.2) is 6.04 Å². The zero-order valence-electron chi connectivity index (χ0n) is 14.9. The lowest BCUT2D eigenvalue weighted by Crippen LogP contribution is -2.43. The number of hydrogen-bond acceptors (Lipinski definition) is 3. The standard InChI is InChI=1S/C18H17FN3O.C2H6/c1-22-9-14(17(22)10-22)16-3-2-4-18(21-16)23-11-13-6-5-12(8-20)7-15(13)19;1-2/h2-7,14,17H,9-11H2,1H3;1-2H3/q+1;. The average Bonchev–Trinajstić information content (AvgIpc) is 3.17. The molecule has 25 heavy (non-hydrogen) atoms. The summed E-state index contributed by atoms with van der Waals surface area (Å²) in [6, 6.07) is 12.8. The SMILES string of the molecule is CC.C[N+]12CC(c3cccc(OCc4ccc(C#N)cc4F)n3)C1C2. The number of ether oxygens (including phenoxy) is 1. The minimum absolute atomic E-state index is 0.107. The van der Waals surface area contributed by atoms with Crippen LogP contribution in [0.4, 0.5) is 4.39 Å². The lowest BCUT2D eigenvalue weighted by molar-refractivity contribution is -0.831. The predicted octanol–water partition coefficient (Wildman–Crippen LogP) is 3.62. The molecule has 5 heteroatoms. The van der Waals surface area contributed by atoms with Gasteiger partial charge in [0.1, 0.15) is 24.9 Å². The molecule has 2 aliphatic heterocycles. The summed E-state index contributed by atoms with van der Waals surface area (Å²) >= 11 is 0.